The number of nitrogens with zero attached hydrogens (tertiary/aromatic N) is 2. The highest BCUT2D eigenvalue weighted by Crippen LogP contribution is 2.30. The Labute approximate surface area is 168 Å². The standard InChI is InChI=1S/C18H21N3O7S/c1-12-5-6-13(21(23)24)9-16(12)20(29(4,25)26)11-18(22)19-15-10-14(27-2)7-8-17(15)28-3/h5-10H,11H2,1-4H3,(H,19,22). The molecule has 2 aromatic carbocycles. The van der Waals surface area contributed by atoms with Gasteiger partial charge in [0.05, 0.1) is 36.8 Å². The van der Waals surface area contributed by atoms with Crippen LogP contribution in [0.25, 0.3) is 0 Å². The predicted octanol–water partition coefficient (Wildman–Crippen LogP) is 2.33. The number of nitro groups is 1. The number of aryl methyl sites for hydroxylation is 1. The molecule has 0 aliphatic rings. The lowest BCUT2D eigenvalue weighted by atomic mass is 10.2. The Morgan fingerprint density at radius 1 is 1.17 bits per heavy atom. The van der Waals surface area contributed by atoms with Crippen molar-refractivity contribution in [3.63, 3.8) is 0 Å². The van der Waals surface area contributed by atoms with E-state index >= 15 is 0 Å². The maximum Gasteiger partial charge on any atom is 0.271 e. The van der Waals surface area contributed by atoms with Gasteiger partial charge in [-0.05, 0) is 24.6 Å². The lowest BCUT2D eigenvalue weighted by molar-refractivity contribution is -0.384. The van der Waals surface area contributed by atoms with E-state index in [1.54, 1.807) is 19.1 Å². The van der Waals surface area contributed by atoms with Gasteiger partial charge in [0.15, 0.2) is 0 Å². The van der Waals surface area contributed by atoms with Crippen LogP contribution in [0.5, 0.6) is 11.5 Å². The Bertz CT molecular complexity index is 1040. The number of nitrogens with one attached hydrogen (secondary N) is 1. The van der Waals surface area contributed by atoms with E-state index in [0.717, 1.165) is 16.6 Å². The average Bonchev–Trinajstić information content (AvgIpc) is 2.65. The maximum atomic E-state index is 12.6. The number of sulfonamides is 1. The predicted molar refractivity (Wildman–Crippen MR) is 108 cm³/mol. The van der Waals surface area contributed by atoms with Crippen molar-refractivity contribution < 1.29 is 27.6 Å². The second-order valence-electron chi connectivity index (χ2n) is 6.11. The summed E-state index contributed by atoms with van der Waals surface area (Å²) in [7, 11) is -1.02. The van der Waals surface area contributed by atoms with Crippen molar-refractivity contribution in [2.24, 2.45) is 0 Å². The van der Waals surface area contributed by atoms with Gasteiger partial charge in [0.25, 0.3) is 5.69 Å². The molecule has 0 aliphatic heterocycles. The van der Waals surface area contributed by atoms with E-state index in [1.807, 2.05) is 0 Å². The highest BCUT2D eigenvalue weighted by molar-refractivity contribution is 7.92. The Kier molecular flexibility index (Phi) is 6.64. The molecule has 0 bridgehead atoms. The summed E-state index contributed by atoms with van der Waals surface area (Å²) >= 11 is 0. The molecule has 2 aromatic rings. The molecule has 0 fully saturated rings. The third-order valence-electron chi connectivity index (χ3n) is 4.04. The summed E-state index contributed by atoms with van der Waals surface area (Å²) in [5.74, 6) is 0.167. The Hall–Kier alpha value is -3.34. The van der Waals surface area contributed by atoms with Gasteiger partial charge in [-0.15, -0.1) is 0 Å². The van der Waals surface area contributed by atoms with Crippen LogP contribution in [0, 0.1) is 17.0 Å². The maximum absolute atomic E-state index is 12.6. The first-order chi connectivity index (χ1) is 13.6. The van der Waals surface area contributed by atoms with Gasteiger partial charge in [-0.2, -0.15) is 0 Å². The summed E-state index contributed by atoms with van der Waals surface area (Å²) in [6.07, 6.45) is 0.921. The van der Waals surface area contributed by atoms with Crippen LogP contribution in [0.2, 0.25) is 0 Å². The summed E-state index contributed by atoms with van der Waals surface area (Å²) in [5.41, 5.74) is 0.525. The number of anilines is 2. The SMILES string of the molecule is COc1ccc(OC)c(NC(=O)CN(c2cc([N+](=O)[O-])ccc2C)S(C)(=O)=O)c1. The molecule has 156 valence electrons. The number of ether oxygens (including phenoxy) is 2. The number of benzene rings is 2. The van der Waals surface area contributed by atoms with Crippen molar-refractivity contribution in [2.45, 2.75) is 6.92 Å². The van der Waals surface area contributed by atoms with Gasteiger partial charge >= 0.3 is 0 Å². The molecule has 0 saturated heterocycles. The van der Waals surface area contributed by atoms with Crippen LogP contribution in [0.15, 0.2) is 36.4 Å². The van der Waals surface area contributed by atoms with Gasteiger partial charge in [0, 0.05) is 18.2 Å². The molecule has 29 heavy (non-hydrogen) atoms. The normalized spacial score (nSPS) is 10.9. The minimum Gasteiger partial charge on any atom is -0.497 e. The van der Waals surface area contributed by atoms with E-state index in [0.29, 0.717) is 22.7 Å². The third kappa shape index (κ3) is 5.35. The van der Waals surface area contributed by atoms with E-state index in [2.05, 4.69) is 5.32 Å². The summed E-state index contributed by atoms with van der Waals surface area (Å²) in [4.78, 5) is 23.0. The number of hydrogen-bond donors (Lipinski definition) is 1. The number of methoxy groups -OCH3 is 2. The lowest BCUT2D eigenvalue weighted by Gasteiger charge is -2.23. The first-order valence-corrected chi connectivity index (χ1v) is 10.2. The summed E-state index contributed by atoms with van der Waals surface area (Å²) in [6.45, 7) is 1.02. The van der Waals surface area contributed by atoms with Crippen LogP contribution in [-0.2, 0) is 14.8 Å². The van der Waals surface area contributed by atoms with Crippen molar-refractivity contribution in [1.29, 1.82) is 0 Å². The fourth-order valence-electron chi connectivity index (χ4n) is 2.59. The Morgan fingerprint density at radius 3 is 2.41 bits per heavy atom. The van der Waals surface area contributed by atoms with Crippen molar-refractivity contribution in [3.05, 3.63) is 52.1 Å². The lowest BCUT2D eigenvalue weighted by Crippen LogP contribution is -2.38. The van der Waals surface area contributed by atoms with Gasteiger partial charge < -0.3 is 14.8 Å². The van der Waals surface area contributed by atoms with E-state index in [1.165, 1.54) is 32.4 Å². The van der Waals surface area contributed by atoms with E-state index in [-0.39, 0.29) is 11.4 Å². The van der Waals surface area contributed by atoms with Crippen LogP contribution in [0.1, 0.15) is 5.56 Å². The molecule has 0 heterocycles. The molecule has 0 aliphatic carbocycles. The zero-order valence-corrected chi connectivity index (χ0v) is 17.1. The first kappa shape index (κ1) is 22.0. The highest BCUT2D eigenvalue weighted by Gasteiger charge is 2.25. The average molecular weight is 423 g/mol. The van der Waals surface area contributed by atoms with Crippen molar-refractivity contribution >= 4 is 33.0 Å². The number of non-ortho nitro benzene ring substituents is 1. The third-order valence-corrected chi connectivity index (χ3v) is 5.17. The Morgan fingerprint density at radius 2 is 1.86 bits per heavy atom. The number of nitro benzene ring substituents is 1. The van der Waals surface area contributed by atoms with Crippen LogP contribution < -0.4 is 19.1 Å². The minimum absolute atomic E-state index is 0.0504. The molecule has 11 heteroatoms. The molecule has 2 rings (SSSR count). The van der Waals surface area contributed by atoms with E-state index in [9.17, 15) is 23.3 Å². The molecule has 0 saturated carbocycles. The molecule has 1 amide bonds. The van der Waals surface area contributed by atoms with Crippen LogP contribution in [-0.4, -0.2) is 46.3 Å². The molecule has 0 aromatic heterocycles. The van der Waals surface area contributed by atoms with Crippen molar-refractivity contribution in [3.8, 4) is 11.5 Å². The number of hydrogen-bond acceptors (Lipinski definition) is 7. The molecule has 1 N–H and O–H groups in total. The molecule has 0 atom stereocenters. The minimum atomic E-state index is -3.90. The molecule has 10 nitrogen and oxygen atoms in total. The van der Waals surface area contributed by atoms with Gasteiger partial charge in [-0.25, -0.2) is 8.42 Å². The first-order valence-electron chi connectivity index (χ1n) is 8.31. The van der Waals surface area contributed by atoms with Gasteiger partial charge in [-0.1, -0.05) is 6.07 Å². The number of carbonyl (C=O) groups excluding carboxylic acids is 1. The second kappa shape index (κ2) is 8.78. The van der Waals surface area contributed by atoms with Crippen LogP contribution in [0.4, 0.5) is 17.1 Å². The molecular weight excluding hydrogens is 402 g/mol. The highest BCUT2D eigenvalue weighted by atomic mass is 32.2. The smallest absolute Gasteiger partial charge is 0.271 e. The molecule has 0 unspecified atom stereocenters. The zero-order valence-electron chi connectivity index (χ0n) is 16.3. The fourth-order valence-corrected chi connectivity index (χ4v) is 3.50. The monoisotopic (exact) mass is 423 g/mol. The number of amides is 1. The van der Waals surface area contributed by atoms with Gasteiger partial charge in [0.1, 0.15) is 18.0 Å². The van der Waals surface area contributed by atoms with Gasteiger partial charge in [-0.3, -0.25) is 19.2 Å². The zero-order chi connectivity index (χ0) is 21.8. The Balaban J connectivity index is 2.37. The second-order valence-corrected chi connectivity index (χ2v) is 8.02. The summed E-state index contributed by atoms with van der Waals surface area (Å²) in [6, 6.07) is 8.57. The van der Waals surface area contributed by atoms with Crippen molar-refractivity contribution in [2.75, 3.05) is 36.6 Å². The summed E-state index contributed by atoms with van der Waals surface area (Å²) < 4.78 is 35.7. The molecule has 0 spiro atoms. The number of rotatable bonds is 8. The summed E-state index contributed by atoms with van der Waals surface area (Å²) in [5, 5.41) is 13.6. The van der Waals surface area contributed by atoms with E-state index in [4.69, 9.17) is 9.47 Å². The van der Waals surface area contributed by atoms with Crippen LogP contribution in [0.3, 0.4) is 0 Å². The fraction of sp³-hybridized carbons (Fsp3) is 0.278. The number of carbonyl (C=O) groups is 1. The molecule has 0 radical (unpaired) electrons. The topological polar surface area (TPSA) is 128 Å². The van der Waals surface area contributed by atoms with Crippen molar-refractivity contribution in [1.82, 2.24) is 0 Å². The largest absolute Gasteiger partial charge is 0.497 e. The van der Waals surface area contributed by atoms with E-state index < -0.39 is 27.4 Å². The van der Waals surface area contributed by atoms with Crippen LogP contribution >= 0.6 is 0 Å². The quantitative estimate of drug-likeness (QED) is 0.510. The molecular formula is C18H21N3O7S. The van der Waals surface area contributed by atoms with Gasteiger partial charge in [0.2, 0.25) is 15.9 Å².